The number of anilines is 1. The molecule has 0 saturated carbocycles. The van der Waals surface area contributed by atoms with Gasteiger partial charge < -0.3 is 15.5 Å². The minimum atomic E-state index is -0.209. The van der Waals surface area contributed by atoms with Crippen LogP contribution in [-0.4, -0.2) is 38.7 Å². The number of rotatable bonds is 7. The van der Waals surface area contributed by atoms with Crippen molar-refractivity contribution in [2.45, 2.75) is 58.0 Å². The van der Waals surface area contributed by atoms with Crippen molar-refractivity contribution in [2.24, 2.45) is 0 Å². The summed E-state index contributed by atoms with van der Waals surface area (Å²) >= 11 is 0. The molecule has 1 atom stereocenters. The Balaban J connectivity index is 1.38. The summed E-state index contributed by atoms with van der Waals surface area (Å²) in [4.78, 5) is 19.6. The van der Waals surface area contributed by atoms with Crippen LogP contribution in [0.3, 0.4) is 0 Å². The van der Waals surface area contributed by atoms with Crippen LogP contribution in [0.15, 0.2) is 42.7 Å². The second-order valence-electron chi connectivity index (χ2n) is 8.08. The molecule has 8 heteroatoms. The molecule has 0 bridgehead atoms. The van der Waals surface area contributed by atoms with Gasteiger partial charge in [-0.15, -0.1) is 10.2 Å². The predicted octanol–water partition coefficient (Wildman–Crippen LogP) is 3.85. The SMILES string of the molecule is CCCC(NC(=O)NCc1ccnc(N2CCCCCC2)c1)c1nnc2ccccn12. The molecule has 2 N–H and O–H groups in total. The molecule has 0 aliphatic carbocycles. The summed E-state index contributed by atoms with van der Waals surface area (Å²) in [5, 5.41) is 14.6. The Kier molecular flexibility index (Phi) is 6.96. The summed E-state index contributed by atoms with van der Waals surface area (Å²) in [6.45, 7) is 4.65. The number of hydrogen-bond donors (Lipinski definition) is 2. The molecule has 1 saturated heterocycles. The molecule has 164 valence electrons. The second-order valence-corrected chi connectivity index (χ2v) is 8.08. The fourth-order valence-electron chi connectivity index (χ4n) is 4.09. The molecule has 1 aliphatic rings. The first-order valence-electron chi connectivity index (χ1n) is 11.3. The quantitative estimate of drug-likeness (QED) is 0.605. The highest BCUT2D eigenvalue weighted by Gasteiger charge is 2.19. The number of aromatic nitrogens is 4. The lowest BCUT2D eigenvalue weighted by atomic mass is 10.1. The van der Waals surface area contributed by atoms with Crippen LogP contribution in [0, 0.1) is 0 Å². The Morgan fingerprint density at radius 1 is 1.13 bits per heavy atom. The fraction of sp³-hybridized carbons (Fsp3) is 0.478. The van der Waals surface area contributed by atoms with E-state index < -0.39 is 0 Å². The van der Waals surface area contributed by atoms with Gasteiger partial charge >= 0.3 is 6.03 Å². The molecule has 3 aromatic heterocycles. The highest BCUT2D eigenvalue weighted by atomic mass is 16.2. The van der Waals surface area contributed by atoms with Crippen molar-refractivity contribution in [3.8, 4) is 0 Å². The maximum Gasteiger partial charge on any atom is 0.315 e. The van der Waals surface area contributed by atoms with Crippen LogP contribution in [0.5, 0.6) is 0 Å². The van der Waals surface area contributed by atoms with E-state index in [0.717, 1.165) is 48.8 Å². The standard InChI is InChI=1S/C23H31N7O/c1-2-9-19(22-28-27-20-10-5-8-15-30(20)22)26-23(31)25-17-18-11-12-24-21(16-18)29-13-6-3-4-7-14-29/h5,8,10-12,15-16,19H,2-4,6-7,9,13-14,17H2,1H3,(H2,25,26,31). The Morgan fingerprint density at radius 3 is 2.77 bits per heavy atom. The second kappa shape index (κ2) is 10.2. The van der Waals surface area contributed by atoms with Crippen molar-refractivity contribution < 1.29 is 4.79 Å². The monoisotopic (exact) mass is 421 g/mol. The van der Waals surface area contributed by atoms with Gasteiger partial charge in [-0.1, -0.05) is 32.3 Å². The first-order chi connectivity index (χ1) is 15.2. The van der Waals surface area contributed by atoms with Crippen LogP contribution in [0.4, 0.5) is 10.6 Å². The smallest absolute Gasteiger partial charge is 0.315 e. The third-order valence-corrected chi connectivity index (χ3v) is 5.73. The van der Waals surface area contributed by atoms with Crippen LogP contribution >= 0.6 is 0 Å². The number of nitrogens with one attached hydrogen (secondary N) is 2. The zero-order chi connectivity index (χ0) is 21.5. The summed E-state index contributed by atoms with van der Waals surface area (Å²) in [5.41, 5.74) is 1.82. The van der Waals surface area contributed by atoms with E-state index in [1.54, 1.807) is 0 Å². The molecular weight excluding hydrogens is 390 g/mol. The normalized spacial score (nSPS) is 15.5. The summed E-state index contributed by atoms with van der Waals surface area (Å²) in [5.74, 6) is 1.75. The van der Waals surface area contributed by atoms with Crippen molar-refractivity contribution in [1.29, 1.82) is 0 Å². The van der Waals surface area contributed by atoms with Crippen molar-refractivity contribution in [3.05, 3.63) is 54.1 Å². The van der Waals surface area contributed by atoms with Gasteiger partial charge in [0, 0.05) is 32.0 Å². The maximum absolute atomic E-state index is 12.7. The molecule has 3 aromatic rings. The highest BCUT2D eigenvalue weighted by Crippen LogP contribution is 2.19. The van der Waals surface area contributed by atoms with Crippen molar-refractivity contribution in [2.75, 3.05) is 18.0 Å². The van der Waals surface area contributed by atoms with E-state index in [1.807, 2.05) is 41.1 Å². The van der Waals surface area contributed by atoms with Crippen LogP contribution < -0.4 is 15.5 Å². The molecule has 4 rings (SSSR count). The van der Waals surface area contributed by atoms with E-state index in [2.05, 4.69) is 43.7 Å². The molecule has 0 spiro atoms. The van der Waals surface area contributed by atoms with Gasteiger partial charge in [-0.3, -0.25) is 4.40 Å². The number of carbonyl (C=O) groups is 1. The van der Waals surface area contributed by atoms with Crippen molar-refractivity contribution >= 4 is 17.5 Å². The molecule has 2 amide bonds. The number of amides is 2. The molecule has 8 nitrogen and oxygen atoms in total. The highest BCUT2D eigenvalue weighted by molar-refractivity contribution is 5.74. The van der Waals surface area contributed by atoms with E-state index in [0.29, 0.717) is 6.54 Å². The lowest BCUT2D eigenvalue weighted by molar-refractivity contribution is 0.235. The van der Waals surface area contributed by atoms with Gasteiger partial charge in [0.2, 0.25) is 0 Å². The Morgan fingerprint density at radius 2 is 1.97 bits per heavy atom. The minimum Gasteiger partial charge on any atom is -0.357 e. The molecule has 0 aromatic carbocycles. The van der Waals surface area contributed by atoms with Crippen LogP contribution in [0.2, 0.25) is 0 Å². The first kappa shape index (κ1) is 21.1. The molecule has 4 heterocycles. The molecule has 1 unspecified atom stereocenters. The van der Waals surface area contributed by atoms with E-state index in [9.17, 15) is 4.79 Å². The maximum atomic E-state index is 12.7. The molecule has 1 fully saturated rings. The number of carbonyl (C=O) groups excluding carboxylic acids is 1. The van der Waals surface area contributed by atoms with E-state index in [4.69, 9.17) is 0 Å². The number of fused-ring (bicyclic) bond motifs is 1. The Labute approximate surface area is 183 Å². The summed E-state index contributed by atoms with van der Waals surface area (Å²) in [7, 11) is 0. The van der Waals surface area contributed by atoms with Gasteiger partial charge in [0.1, 0.15) is 5.82 Å². The number of urea groups is 1. The van der Waals surface area contributed by atoms with Gasteiger partial charge in [-0.05, 0) is 49.1 Å². The van der Waals surface area contributed by atoms with Crippen molar-refractivity contribution in [3.63, 3.8) is 0 Å². The third-order valence-electron chi connectivity index (χ3n) is 5.73. The average molecular weight is 422 g/mol. The first-order valence-corrected chi connectivity index (χ1v) is 11.3. The number of hydrogen-bond acceptors (Lipinski definition) is 5. The van der Waals surface area contributed by atoms with Gasteiger partial charge in [0.05, 0.1) is 6.04 Å². The third kappa shape index (κ3) is 5.31. The molecule has 1 aliphatic heterocycles. The Hall–Kier alpha value is -3.16. The predicted molar refractivity (Wildman–Crippen MR) is 121 cm³/mol. The number of pyridine rings is 2. The largest absolute Gasteiger partial charge is 0.357 e. The van der Waals surface area contributed by atoms with E-state index in [-0.39, 0.29) is 12.1 Å². The zero-order valence-electron chi connectivity index (χ0n) is 18.1. The van der Waals surface area contributed by atoms with Crippen LogP contribution in [0.1, 0.15) is 62.9 Å². The summed E-state index contributed by atoms with van der Waals surface area (Å²) in [6.07, 6.45) is 10.5. The molecule has 0 radical (unpaired) electrons. The number of nitrogens with zero attached hydrogens (tertiary/aromatic N) is 5. The molecule has 31 heavy (non-hydrogen) atoms. The topological polar surface area (TPSA) is 87.5 Å². The fourth-order valence-corrected chi connectivity index (χ4v) is 4.09. The summed E-state index contributed by atoms with van der Waals surface area (Å²) in [6, 6.07) is 9.40. The van der Waals surface area contributed by atoms with Gasteiger partial charge in [-0.25, -0.2) is 9.78 Å². The van der Waals surface area contributed by atoms with E-state index in [1.165, 1.54) is 25.7 Å². The van der Waals surface area contributed by atoms with Gasteiger partial charge in [0.25, 0.3) is 0 Å². The average Bonchev–Trinajstić information content (AvgIpc) is 3.03. The Bertz CT molecular complexity index is 994. The zero-order valence-corrected chi connectivity index (χ0v) is 18.1. The van der Waals surface area contributed by atoms with Gasteiger partial charge in [-0.2, -0.15) is 0 Å². The van der Waals surface area contributed by atoms with Crippen LogP contribution in [-0.2, 0) is 6.54 Å². The van der Waals surface area contributed by atoms with Crippen molar-refractivity contribution in [1.82, 2.24) is 30.2 Å². The van der Waals surface area contributed by atoms with Crippen LogP contribution in [0.25, 0.3) is 5.65 Å². The lowest BCUT2D eigenvalue weighted by Crippen LogP contribution is -2.38. The van der Waals surface area contributed by atoms with Gasteiger partial charge in [0.15, 0.2) is 11.5 Å². The lowest BCUT2D eigenvalue weighted by Gasteiger charge is -2.22. The summed E-state index contributed by atoms with van der Waals surface area (Å²) < 4.78 is 1.93. The van der Waals surface area contributed by atoms with E-state index >= 15 is 0 Å². The minimum absolute atomic E-state index is 0.201. The molecular formula is C23H31N7O.